The summed E-state index contributed by atoms with van der Waals surface area (Å²) in [6.07, 6.45) is 1.55. The van der Waals surface area contributed by atoms with Gasteiger partial charge in [0.2, 0.25) is 11.0 Å². The zero-order valence-electron chi connectivity index (χ0n) is 12.5. The second-order valence-electron chi connectivity index (χ2n) is 4.77. The highest BCUT2D eigenvalue weighted by atomic mass is 32.2. The van der Waals surface area contributed by atoms with Crippen molar-refractivity contribution >= 4 is 33.9 Å². The van der Waals surface area contributed by atoms with Crippen molar-refractivity contribution < 1.29 is 13.2 Å². The molecule has 0 unspecified atom stereocenters. The predicted molar refractivity (Wildman–Crippen MR) is 91.2 cm³/mol. The van der Waals surface area contributed by atoms with Crippen LogP contribution in [0.25, 0.3) is 11.7 Å². The van der Waals surface area contributed by atoms with Crippen molar-refractivity contribution in [1.29, 1.82) is 0 Å². The van der Waals surface area contributed by atoms with Gasteiger partial charge >= 0.3 is 0 Å². The second kappa shape index (κ2) is 7.03. The minimum atomic E-state index is -0.285. The summed E-state index contributed by atoms with van der Waals surface area (Å²) < 4.78 is 24.4. The molecule has 0 saturated carbocycles. The molecule has 0 saturated heterocycles. The summed E-state index contributed by atoms with van der Waals surface area (Å²) in [6, 6.07) is 9.54. The smallest absolute Gasteiger partial charge is 0.283 e. The molecule has 25 heavy (non-hydrogen) atoms. The minimum absolute atomic E-state index is 0.285. The van der Waals surface area contributed by atoms with Crippen LogP contribution in [-0.2, 0) is 5.75 Å². The third-order valence-corrected chi connectivity index (χ3v) is 4.98. The van der Waals surface area contributed by atoms with E-state index in [1.165, 1.54) is 35.2 Å². The fourth-order valence-corrected chi connectivity index (χ4v) is 3.52. The maximum atomic E-state index is 12.9. The van der Waals surface area contributed by atoms with E-state index >= 15 is 0 Å². The highest BCUT2D eigenvalue weighted by Gasteiger charge is 2.12. The van der Waals surface area contributed by atoms with Gasteiger partial charge in [-0.15, -0.1) is 20.4 Å². The van der Waals surface area contributed by atoms with Crippen molar-refractivity contribution in [1.82, 2.24) is 20.4 Å². The van der Waals surface area contributed by atoms with Crippen molar-refractivity contribution in [2.75, 3.05) is 5.32 Å². The van der Waals surface area contributed by atoms with Crippen molar-refractivity contribution in [3.63, 3.8) is 0 Å². The first-order valence-electron chi connectivity index (χ1n) is 7.11. The number of benzene rings is 1. The Labute approximate surface area is 149 Å². The molecule has 126 valence electrons. The lowest BCUT2D eigenvalue weighted by molar-refractivity contribution is 0.494. The van der Waals surface area contributed by atoms with Crippen LogP contribution in [0, 0.1) is 5.82 Å². The molecular formula is C15H10FN5O2S2. The summed E-state index contributed by atoms with van der Waals surface area (Å²) in [5.41, 5.74) is 0.745. The number of halogens is 1. The Morgan fingerprint density at radius 1 is 1.08 bits per heavy atom. The molecule has 0 bridgehead atoms. The number of anilines is 2. The summed E-state index contributed by atoms with van der Waals surface area (Å²) in [7, 11) is 0. The number of nitrogens with one attached hydrogen (secondary N) is 1. The molecule has 7 nitrogen and oxygen atoms in total. The lowest BCUT2D eigenvalue weighted by Crippen LogP contribution is -1.89. The van der Waals surface area contributed by atoms with E-state index in [1.54, 1.807) is 30.5 Å². The highest BCUT2D eigenvalue weighted by Crippen LogP contribution is 2.30. The van der Waals surface area contributed by atoms with E-state index in [4.69, 9.17) is 8.83 Å². The van der Waals surface area contributed by atoms with E-state index in [0.717, 1.165) is 10.0 Å². The van der Waals surface area contributed by atoms with Crippen LogP contribution in [0.3, 0.4) is 0 Å². The van der Waals surface area contributed by atoms with Crippen molar-refractivity contribution in [2.45, 2.75) is 10.1 Å². The lowest BCUT2D eigenvalue weighted by atomic mass is 10.3. The summed E-state index contributed by atoms with van der Waals surface area (Å²) >= 11 is 2.82. The fraction of sp³-hybridized carbons (Fsp3) is 0.0667. The minimum Gasteiger partial charge on any atom is -0.459 e. The van der Waals surface area contributed by atoms with E-state index in [9.17, 15) is 4.39 Å². The molecule has 3 aromatic heterocycles. The standard InChI is InChI=1S/C15H10FN5O2S2/c16-9-3-5-10(6-4-9)17-14-20-21-15(25-14)24-8-12-18-19-13(23-12)11-2-1-7-22-11/h1-7H,8H2,(H,17,20). The second-order valence-corrected chi connectivity index (χ2v) is 6.97. The average molecular weight is 375 g/mol. The Hall–Kier alpha value is -2.72. The van der Waals surface area contributed by atoms with Crippen molar-refractivity contribution in [3.05, 3.63) is 54.4 Å². The van der Waals surface area contributed by atoms with Crippen molar-refractivity contribution in [3.8, 4) is 11.7 Å². The normalized spacial score (nSPS) is 10.9. The number of furan rings is 1. The summed E-state index contributed by atoms with van der Waals surface area (Å²) in [5, 5.41) is 19.8. The predicted octanol–water partition coefficient (Wildman–Crippen LogP) is 4.36. The van der Waals surface area contributed by atoms with Gasteiger partial charge in [0, 0.05) is 5.69 Å². The SMILES string of the molecule is Fc1ccc(Nc2nnc(SCc3nnc(-c4ccco4)o3)s2)cc1. The Kier molecular flexibility index (Phi) is 4.44. The number of thioether (sulfide) groups is 1. The Morgan fingerprint density at radius 3 is 2.76 bits per heavy atom. The first kappa shape index (κ1) is 15.8. The van der Waals surface area contributed by atoms with Crippen LogP contribution in [0.1, 0.15) is 5.89 Å². The maximum absolute atomic E-state index is 12.9. The van der Waals surface area contributed by atoms with Crippen LogP contribution in [0.2, 0.25) is 0 Å². The Bertz CT molecular complexity index is 953. The molecule has 0 aliphatic heterocycles. The number of aromatic nitrogens is 4. The van der Waals surface area contributed by atoms with E-state index in [-0.39, 0.29) is 5.82 Å². The number of hydrogen-bond donors (Lipinski definition) is 1. The third-order valence-electron chi connectivity index (χ3n) is 3.02. The molecule has 1 aromatic carbocycles. The molecule has 0 atom stereocenters. The number of rotatable bonds is 6. The molecule has 0 aliphatic rings. The number of nitrogens with zero attached hydrogens (tertiary/aromatic N) is 4. The van der Waals surface area contributed by atoms with Crippen LogP contribution in [0.5, 0.6) is 0 Å². The van der Waals surface area contributed by atoms with Gasteiger partial charge in [-0.05, 0) is 36.4 Å². The van der Waals surface area contributed by atoms with E-state index in [2.05, 4.69) is 25.7 Å². The Balaban J connectivity index is 1.36. The van der Waals surface area contributed by atoms with Crippen LogP contribution in [0.15, 0.2) is 55.8 Å². The zero-order valence-corrected chi connectivity index (χ0v) is 14.2. The molecule has 3 heterocycles. The monoisotopic (exact) mass is 375 g/mol. The van der Waals surface area contributed by atoms with Gasteiger partial charge in [0.25, 0.3) is 5.89 Å². The number of hydrogen-bond acceptors (Lipinski definition) is 9. The van der Waals surface area contributed by atoms with Gasteiger partial charge in [-0.2, -0.15) is 0 Å². The van der Waals surface area contributed by atoms with Crippen LogP contribution in [-0.4, -0.2) is 20.4 Å². The van der Waals surface area contributed by atoms with Gasteiger partial charge in [0.1, 0.15) is 5.82 Å². The molecular weight excluding hydrogens is 365 g/mol. The summed E-state index contributed by atoms with van der Waals surface area (Å²) in [5.74, 6) is 1.54. The molecule has 0 fully saturated rings. The maximum Gasteiger partial charge on any atom is 0.283 e. The van der Waals surface area contributed by atoms with Gasteiger partial charge in [-0.25, -0.2) is 4.39 Å². The molecule has 10 heteroatoms. The average Bonchev–Trinajstić information content (AvgIpc) is 3.36. The van der Waals surface area contributed by atoms with Gasteiger partial charge < -0.3 is 14.2 Å². The zero-order chi connectivity index (χ0) is 17.1. The molecule has 0 radical (unpaired) electrons. The van der Waals surface area contributed by atoms with Crippen LogP contribution in [0.4, 0.5) is 15.2 Å². The summed E-state index contributed by atoms with van der Waals surface area (Å²) in [6.45, 7) is 0. The molecule has 1 N–H and O–H groups in total. The van der Waals surface area contributed by atoms with Gasteiger partial charge in [-0.3, -0.25) is 0 Å². The largest absolute Gasteiger partial charge is 0.459 e. The molecule has 0 aliphatic carbocycles. The van der Waals surface area contributed by atoms with Gasteiger partial charge in [-0.1, -0.05) is 23.1 Å². The first-order valence-corrected chi connectivity index (χ1v) is 8.91. The molecule has 4 rings (SSSR count). The molecule has 0 spiro atoms. The van der Waals surface area contributed by atoms with E-state index in [0.29, 0.717) is 28.4 Å². The van der Waals surface area contributed by atoms with E-state index in [1.807, 2.05) is 0 Å². The molecule has 4 aromatic rings. The van der Waals surface area contributed by atoms with Crippen molar-refractivity contribution in [2.24, 2.45) is 0 Å². The lowest BCUT2D eigenvalue weighted by Gasteiger charge is -2.00. The molecule has 0 amide bonds. The third kappa shape index (κ3) is 3.86. The van der Waals surface area contributed by atoms with Gasteiger partial charge in [0.05, 0.1) is 12.0 Å². The fourth-order valence-electron chi connectivity index (χ4n) is 1.91. The Morgan fingerprint density at radius 2 is 1.96 bits per heavy atom. The highest BCUT2D eigenvalue weighted by molar-refractivity contribution is 8.00. The first-order chi connectivity index (χ1) is 12.3. The van der Waals surface area contributed by atoms with Gasteiger partial charge in [0.15, 0.2) is 10.1 Å². The topological polar surface area (TPSA) is 89.9 Å². The van der Waals surface area contributed by atoms with E-state index < -0.39 is 0 Å². The van der Waals surface area contributed by atoms with Crippen LogP contribution >= 0.6 is 23.1 Å². The van der Waals surface area contributed by atoms with Crippen LogP contribution < -0.4 is 5.32 Å². The quantitative estimate of drug-likeness (QED) is 0.497. The summed E-state index contributed by atoms with van der Waals surface area (Å²) in [4.78, 5) is 0.